The van der Waals surface area contributed by atoms with Crippen LogP contribution in [-0.2, 0) is 19.1 Å². The molecule has 7 nitrogen and oxygen atoms in total. The number of ether oxygens (including phenoxy) is 1. The Morgan fingerprint density at radius 3 is 2.85 bits per heavy atom. The molecule has 3 rings (SSSR count). The molecule has 2 saturated heterocycles. The molecular weight excluding hydrogens is 343 g/mol. The van der Waals surface area contributed by atoms with Crippen molar-refractivity contribution in [1.29, 1.82) is 0 Å². The van der Waals surface area contributed by atoms with Gasteiger partial charge in [-0.1, -0.05) is 0 Å². The molecule has 2 unspecified atom stereocenters. The predicted molar refractivity (Wildman–Crippen MR) is 90.2 cm³/mol. The highest BCUT2D eigenvalue weighted by Crippen LogP contribution is 2.29. The second-order valence-corrected chi connectivity index (χ2v) is 6.98. The van der Waals surface area contributed by atoms with Gasteiger partial charge in [-0.15, -0.1) is 0 Å². The molecule has 140 valence electrons. The van der Waals surface area contributed by atoms with Crippen LogP contribution >= 0.6 is 0 Å². The molecule has 0 aliphatic carbocycles. The highest BCUT2D eigenvalue weighted by molar-refractivity contribution is 6.00. The molecule has 8 heteroatoms. The molecule has 0 bridgehead atoms. The van der Waals surface area contributed by atoms with E-state index in [1.54, 1.807) is 13.0 Å². The average molecular weight is 364 g/mol. The molecule has 2 amide bonds. The van der Waals surface area contributed by atoms with Crippen LogP contribution in [0.3, 0.4) is 0 Å². The summed E-state index contributed by atoms with van der Waals surface area (Å²) in [6, 6.07) is 4.38. The first-order chi connectivity index (χ1) is 12.3. The summed E-state index contributed by atoms with van der Waals surface area (Å²) in [5.41, 5.74) is 0.0478. The Morgan fingerprint density at radius 1 is 1.46 bits per heavy atom. The van der Waals surface area contributed by atoms with Crippen molar-refractivity contribution in [3.05, 3.63) is 29.6 Å². The van der Waals surface area contributed by atoms with Crippen molar-refractivity contribution in [2.24, 2.45) is 5.92 Å². The Bertz CT molecular complexity index is 745. The Kier molecular flexibility index (Phi) is 4.95. The summed E-state index contributed by atoms with van der Waals surface area (Å²) in [7, 11) is 0. The minimum Gasteiger partial charge on any atom is -0.481 e. The zero-order valence-corrected chi connectivity index (χ0v) is 14.5. The van der Waals surface area contributed by atoms with Crippen LogP contribution in [0.15, 0.2) is 18.2 Å². The smallest absolute Gasteiger partial charge is 0.305 e. The van der Waals surface area contributed by atoms with Crippen molar-refractivity contribution < 1.29 is 28.6 Å². The fourth-order valence-corrected chi connectivity index (χ4v) is 3.47. The van der Waals surface area contributed by atoms with Gasteiger partial charge in [-0.05, 0) is 37.1 Å². The van der Waals surface area contributed by atoms with Crippen LogP contribution in [-0.4, -0.2) is 48.2 Å². The third-order valence-corrected chi connectivity index (χ3v) is 4.93. The molecule has 2 fully saturated rings. The van der Waals surface area contributed by atoms with Gasteiger partial charge in [0.05, 0.1) is 24.5 Å². The number of hydrogen-bond acceptors (Lipinski definition) is 4. The van der Waals surface area contributed by atoms with E-state index in [-0.39, 0.29) is 43.6 Å². The molecule has 2 aliphatic heterocycles. The maximum atomic E-state index is 13.4. The molecule has 0 radical (unpaired) electrons. The molecule has 2 N–H and O–H groups in total. The Morgan fingerprint density at radius 2 is 2.23 bits per heavy atom. The standard InChI is InChI=1S/C18H21FN2O5/c1-11-6-13(2-3-14(11)19)21-9-12(7-15(21)22)17(25)20-18(8-16(23)24)4-5-26-10-18/h2-3,6,12H,4-5,7-10H2,1H3,(H,20,25)(H,23,24). The number of halogens is 1. The summed E-state index contributed by atoms with van der Waals surface area (Å²) >= 11 is 0. The largest absolute Gasteiger partial charge is 0.481 e. The van der Waals surface area contributed by atoms with E-state index >= 15 is 0 Å². The summed E-state index contributed by atoms with van der Waals surface area (Å²) in [5, 5.41) is 11.9. The van der Waals surface area contributed by atoms with Gasteiger partial charge in [-0.3, -0.25) is 14.4 Å². The molecule has 0 saturated carbocycles. The molecular formula is C18H21FN2O5. The van der Waals surface area contributed by atoms with E-state index in [1.165, 1.54) is 17.0 Å². The molecule has 0 aromatic heterocycles. The molecule has 0 spiro atoms. The number of aliphatic carboxylic acids is 1. The Balaban J connectivity index is 1.70. The number of nitrogens with one attached hydrogen (secondary N) is 1. The number of carboxylic acid groups (broad SMARTS) is 1. The fourth-order valence-electron chi connectivity index (χ4n) is 3.47. The van der Waals surface area contributed by atoms with E-state index in [9.17, 15) is 18.8 Å². The van der Waals surface area contributed by atoms with Gasteiger partial charge in [-0.25, -0.2) is 4.39 Å². The number of nitrogens with zero attached hydrogens (tertiary/aromatic N) is 1. The van der Waals surface area contributed by atoms with Crippen LogP contribution in [0.25, 0.3) is 0 Å². The highest BCUT2D eigenvalue weighted by Gasteiger charge is 2.42. The summed E-state index contributed by atoms with van der Waals surface area (Å²) in [4.78, 5) is 37.5. The maximum absolute atomic E-state index is 13.4. The quantitative estimate of drug-likeness (QED) is 0.819. The number of anilines is 1. The monoisotopic (exact) mass is 364 g/mol. The number of hydrogen-bond donors (Lipinski definition) is 2. The first-order valence-electron chi connectivity index (χ1n) is 8.48. The van der Waals surface area contributed by atoms with Crippen LogP contribution in [0.2, 0.25) is 0 Å². The fraction of sp³-hybridized carbons (Fsp3) is 0.500. The number of carboxylic acids is 1. The lowest BCUT2D eigenvalue weighted by atomic mass is 9.93. The van der Waals surface area contributed by atoms with Crippen LogP contribution in [0.5, 0.6) is 0 Å². The molecule has 26 heavy (non-hydrogen) atoms. The second kappa shape index (κ2) is 7.03. The predicted octanol–water partition coefficient (Wildman–Crippen LogP) is 1.24. The van der Waals surface area contributed by atoms with Gasteiger partial charge in [0, 0.05) is 25.3 Å². The van der Waals surface area contributed by atoms with E-state index in [4.69, 9.17) is 9.84 Å². The molecule has 1 aromatic rings. The summed E-state index contributed by atoms with van der Waals surface area (Å²) in [6.45, 7) is 2.32. The topological polar surface area (TPSA) is 95.9 Å². The van der Waals surface area contributed by atoms with Crippen molar-refractivity contribution in [2.45, 2.75) is 31.7 Å². The van der Waals surface area contributed by atoms with E-state index in [1.807, 2.05) is 0 Å². The number of benzene rings is 1. The number of rotatable bonds is 5. The minimum absolute atomic E-state index is 0.0340. The Labute approximate surface area is 150 Å². The van der Waals surface area contributed by atoms with E-state index in [2.05, 4.69) is 5.32 Å². The maximum Gasteiger partial charge on any atom is 0.305 e. The molecule has 1 aromatic carbocycles. The van der Waals surface area contributed by atoms with E-state index < -0.39 is 17.4 Å². The first-order valence-corrected chi connectivity index (χ1v) is 8.48. The number of carbonyl (C=O) groups excluding carboxylic acids is 2. The zero-order valence-electron chi connectivity index (χ0n) is 14.5. The minimum atomic E-state index is -1.01. The number of amides is 2. The SMILES string of the molecule is Cc1cc(N2CC(C(=O)NC3(CC(=O)O)CCOC3)CC2=O)ccc1F. The average Bonchev–Trinajstić information content (AvgIpc) is 3.16. The summed E-state index contributed by atoms with van der Waals surface area (Å²) in [5.74, 6) is -2.52. The number of aryl methyl sites for hydroxylation is 1. The van der Waals surface area contributed by atoms with Gasteiger partial charge in [0.25, 0.3) is 0 Å². The van der Waals surface area contributed by atoms with Crippen molar-refractivity contribution in [1.82, 2.24) is 5.32 Å². The third-order valence-electron chi connectivity index (χ3n) is 4.93. The van der Waals surface area contributed by atoms with Crippen molar-refractivity contribution in [2.75, 3.05) is 24.7 Å². The van der Waals surface area contributed by atoms with Gasteiger partial charge < -0.3 is 20.1 Å². The van der Waals surface area contributed by atoms with E-state index in [0.717, 1.165) is 0 Å². The van der Waals surface area contributed by atoms with Crippen molar-refractivity contribution in [3.63, 3.8) is 0 Å². The zero-order chi connectivity index (χ0) is 18.9. The van der Waals surface area contributed by atoms with Gasteiger partial charge in [0.15, 0.2) is 0 Å². The highest BCUT2D eigenvalue weighted by atomic mass is 19.1. The van der Waals surface area contributed by atoms with Crippen molar-refractivity contribution >= 4 is 23.5 Å². The molecule has 2 atom stereocenters. The van der Waals surface area contributed by atoms with Crippen LogP contribution < -0.4 is 10.2 Å². The lowest BCUT2D eigenvalue weighted by Crippen LogP contribution is -2.52. The summed E-state index contributed by atoms with van der Waals surface area (Å²) < 4.78 is 18.7. The van der Waals surface area contributed by atoms with Crippen LogP contribution in [0.4, 0.5) is 10.1 Å². The second-order valence-electron chi connectivity index (χ2n) is 6.98. The summed E-state index contributed by atoms with van der Waals surface area (Å²) in [6.07, 6.45) is 0.235. The van der Waals surface area contributed by atoms with Gasteiger partial charge >= 0.3 is 5.97 Å². The third kappa shape index (κ3) is 3.70. The first kappa shape index (κ1) is 18.3. The van der Waals surface area contributed by atoms with Crippen LogP contribution in [0.1, 0.15) is 24.8 Å². The Hall–Kier alpha value is -2.48. The van der Waals surface area contributed by atoms with Gasteiger partial charge in [0.1, 0.15) is 5.82 Å². The normalized spacial score (nSPS) is 25.5. The van der Waals surface area contributed by atoms with E-state index in [0.29, 0.717) is 24.3 Å². The van der Waals surface area contributed by atoms with Crippen molar-refractivity contribution in [3.8, 4) is 0 Å². The molecule has 2 heterocycles. The van der Waals surface area contributed by atoms with Crippen LogP contribution in [0, 0.1) is 18.7 Å². The molecule has 2 aliphatic rings. The lowest BCUT2D eigenvalue weighted by molar-refractivity contribution is -0.139. The lowest BCUT2D eigenvalue weighted by Gasteiger charge is -2.28. The van der Waals surface area contributed by atoms with Gasteiger partial charge in [-0.2, -0.15) is 0 Å². The number of carbonyl (C=O) groups is 3. The van der Waals surface area contributed by atoms with Gasteiger partial charge in [0.2, 0.25) is 11.8 Å².